The van der Waals surface area contributed by atoms with Crippen molar-refractivity contribution in [3.05, 3.63) is 24.3 Å². The van der Waals surface area contributed by atoms with Gasteiger partial charge in [-0.05, 0) is 25.5 Å². The van der Waals surface area contributed by atoms with Gasteiger partial charge in [0.05, 0.1) is 16.6 Å². The van der Waals surface area contributed by atoms with E-state index >= 15 is 0 Å². The molecule has 0 radical (unpaired) electrons. The molecule has 16 heavy (non-hydrogen) atoms. The monoisotopic (exact) mass is 219 g/mol. The summed E-state index contributed by atoms with van der Waals surface area (Å²) in [5.74, 6) is 0.704. The fraction of sp³-hybridized carbons (Fsp3) is 0.417. The van der Waals surface area contributed by atoms with Crippen molar-refractivity contribution in [1.82, 2.24) is 9.97 Å². The van der Waals surface area contributed by atoms with Crippen molar-refractivity contribution in [3.63, 3.8) is 0 Å². The van der Waals surface area contributed by atoms with E-state index in [0.29, 0.717) is 18.9 Å². The number of H-pyrrole nitrogens is 1. The molecule has 1 aromatic carbocycles. The van der Waals surface area contributed by atoms with Crippen LogP contribution in [-0.4, -0.2) is 27.2 Å². The molecular weight excluding hydrogens is 202 g/mol. The predicted molar refractivity (Wildman–Crippen MR) is 65.5 cm³/mol. The molecular formula is C12H17N3O. The second-order valence-corrected chi connectivity index (χ2v) is 4.31. The highest BCUT2D eigenvalue weighted by atomic mass is 16.3. The van der Waals surface area contributed by atoms with Crippen LogP contribution < -0.4 is 5.32 Å². The number of nitrogens with one attached hydrogen (secondary N) is 2. The van der Waals surface area contributed by atoms with Crippen molar-refractivity contribution in [2.24, 2.45) is 0 Å². The van der Waals surface area contributed by atoms with Crippen LogP contribution in [0.3, 0.4) is 0 Å². The van der Waals surface area contributed by atoms with Crippen LogP contribution >= 0.6 is 0 Å². The van der Waals surface area contributed by atoms with Gasteiger partial charge < -0.3 is 15.4 Å². The fourth-order valence-corrected chi connectivity index (χ4v) is 1.44. The van der Waals surface area contributed by atoms with E-state index in [2.05, 4.69) is 15.3 Å². The third-order valence-electron chi connectivity index (χ3n) is 2.79. The molecule has 0 aliphatic rings. The molecule has 2 aromatic rings. The Morgan fingerprint density at radius 2 is 2.19 bits per heavy atom. The van der Waals surface area contributed by atoms with Gasteiger partial charge in [0, 0.05) is 6.54 Å². The van der Waals surface area contributed by atoms with E-state index in [9.17, 15) is 5.11 Å². The van der Waals surface area contributed by atoms with Crippen LogP contribution in [-0.2, 0) is 0 Å². The number of fused-ring (bicyclic) bond motifs is 1. The number of imidazole rings is 1. The van der Waals surface area contributed by atoms with Crippen LogP contribution in [0.2, 0.25) is 0 Å². The Labute approximate surface area is 94.7 Å². The van der Waals surface area contributed by atoms with E-state index in [4.69, 9.17) is 0 Å². The molecule has 1 unspecified atom stereocenters. The first-order chi connectivity index (χ1) is 7.61. The average molecular weight is 219 g/mol. The highest BCUT2D eigenvalue weighted by Crippen LogP contribution is 2.15. The van der Waals surface area contributed by atoms with Gasteiger partial charge >= 0.3 is 0 Å². The van der Waals surface area contributed by atoms with Gasteiger partial charge in [0.1, 0.15) is 0 Å². The minimum absolute atomic E-state index is 0.489. The molecule has 0 aliphatic carbocycles. The number of rotatable bonds is 4. The third kappa shape index (κ3) is 2.33. The highest BCUT2D eigenvalue weighted by Gasteiger charge is 2.17. The molecule has 4 heteroatoms. The van der Waals surface area contributed by atoms with E-state index in [0.717, 1.165) is 11.0 Å². The molecule has 1 atom stereocenters. The second kappa shape index (κ2) is 4.14. The third-order valence-corrected chi connectivity index (χ3v) is 2.79. The molecule has 0 spiro atoms. The fourth-order valence-electron chi connectivity index (χ4n) is 1.44. The number of para-hydroxylation sites is 2. The average Bonchev–Trinajstić information content (AvgIpc) is 2.69. The first-order valence-corrected chi connectivity index (χ1v) is 5.52. The maximum Gasteiger partial charge on any atom is 0.201 e. The maximum atomic E-state index is 9.86. The molecule has 4 nitrogen and oxygen atoms in total. The second-order valence-electron chi connectivity index (χ2n) is 4.31. The Kier molecular flexibility index (Phi) is 2.83. The summed E-state index contributed by atoms with van der Waals surface area (Å²) >= 11 is 0. The number of aliphatic hydroxyl groups is 1. The molecule has 0 fully saturated rings. The van der Waals surface area contributed by atoms with Gasteiger partial charge in [-0.2, -0.15) is 0 Å². The Morgan fingerprint density at radius 3 is 2.88 bits per heavy atom. The van der Waals surface area contributed by atoms with Gasteiger partial charge in [-0.15, -0.1) is 0 Å². The summed E-state index contributed by atoms with van der Waals surface area (Å²) in [5, 5.41) is 13.0. The molecule has 0 saturated heterocycles. The van der Waals surface area contributed by atoms with Gasteiger partial charge in [-0.3, -0.25) is 0 Å². The van der Waals surface area contributed by atoms with Gasteiger partial charge in [-0.1, -0.05) is 19.1 Å². The molecule has 1 aromatic heterocycles. The van der Waals surface area contributed by atoms with Crippen LogP contribution in [0, 0.1) is 0 Å². The van der Waals surface area contributed by atoms with Crippen molar-refractivity contribution < 1.29 is 5.11 Å². The Hall–Kier alpha value is -1.55. The van der Waals surface area contributed by atoms with Crippen molar-refractivity contribution in [3.8, 4) is 0 Å². The standard InChI is InChI=1S/C12H17N3O/c1-3-12(2,16)8-13-11-14-9-6-4-5-7-10(9)15-11/h4-7,16H,3,8H2,1-2H3,(H2,13,14,15). The maximum absolute atomic E-state index is 9.86. The summed E-state index contributed by atoms with van der Waals surface area (Å²) in [5.41, 5.74) is 1.24. The van der Waals surface area contributed by atoms with E-state index in [1.807, 2.05) is 38.1 Å². The lowest BCUT2D eigenvalue weighted by Gasteiger charge is -2.21. The first-order valence-electron chi connectivity index (χ1n) is 5.52. The van der Waals surface area contributed by atoms with Crippen molar-refractivity contribution in [1.29, 1.82) is 0 Å². The summed E-state index contributed by atoms with van der Waals surface area (Å²) in [6.07, 6.45) is 0.709. The lowest BCUT2D eigenvalue weighted by molar-refractivity contribution is 0.0696. The van der Waals surface area contributed by atoms with Crippen LogP contribution in [0.15, 0.2) is 24.3 Å². The summed E-state index contributed by atoms with van der Waals surface area (Å²) < 4.78 is 0. The SMILES string of the molecule is CCC(C)(O)CNc1nc2ccccc2[nH]1. The predicted octanol–water partition coefficient (Wildman–Crippen LogP) is 2.14. The lowest BCUT2D eigenvalue weighted by atomic mass is 10.0. The summed E-state index contributed by atoms with van der Waals surface area (Å²) in [7, 11) is 0. The molecule has 0 aliphatic heterocycles. The molecule has 86 valence electrons. The first kappa shape index (κ1) is 11.0. The molecule has 0 amide bonds. The summed E-state index contributed by atoms with van der Waals surface area (Å²) in [6, 6.07) is 7.85. The number of hydrogen-bond donors (Lipinski definition) is 3. The van der Waals surface area contributed by atoms with E-state index in [1.165, 1.54) is 0 Å². The Morgan fingerprint density at radius 1 is 1.44 bits per heavy atom. The number of hydrogen-bond acceptors (Lipinski definition) is 3. The van der Waals surface area contributed by atoms with Crippen molar-refractivity contribution in [2.45, 2.75) is 25.9 Å². The highest BCUT2D eigenvalue weighted by molar-refractivity contribution is 5.77. The summed E-state index contributed by atoms with van der Waals surface area (Å²) in [4.78, 5) is 7.53. The topological polar surface area (TPSA) is 60.9 Å². The molecule has 0 bridgehead atoms. The minimum atomic E-state index is -0.695. The smallest absolute Gasteiger partial charge is 0.201 e. The molecule has 2 rings (SSSR count). The van der Waals surface area contributed by atoms with E-state index in [-0.39, 0.29) is 0 Å². The van der Waals surface area contributed by atoms with E-state index < -0.39 is 5.60 Å². The quantitative estimate of drug-likeness (QED) is 0.738. The summed E-state index contributed by atoms with van der Waals surface area (Å²) in [6.45, 7) is 4.26. The lowest BCUT2D eigenvalue weighted by Crippen LogP contribution is -2.32. The molecule has 1 heterocycles. The zero-order valence-corrected chi connectivity index (χ0v) is 9.62. The zero-order valence-electron chi connectivity index (χ0n) is 9.62. The number of aromatic nitrogens is 2. The molecule has 0 saturated carbocycles. The Bertz CT molecular complexity index is 443. The number of benzene rings is 1. The molecule has 3 N–H and O–H groups in total. The van der Waals surface area contributed by atoms with Crippen LogP contribution in [0.5, 0.6) is 0 Å². The largest absolute Gasteiger partial charge is 0.388 e. The van der Waals surface area contributed by atoms with Crippen LogP contribution in [0.4, 0.5) is 5.95 Å². The van der Waals surface area contributed by atoms with Gasteiger partial charge in [0.25, 0.3) is 0 Å². The van der Waals surface area contributed by atoms with Crippen LogP contribution in [0.25, 0.3) is 11.0 Å². The van der Waals surface area contributed by atoms with Crippen LogP contribution in [0.1, 0.15) is 20.3 Å². The zero-order chi connectivity index (χ0) is 11.6. The number of anilines is 1. The normalized spacial score (nSPS) is 14.9. The Balaban J connectivity index is 2.10. The van der Waals surface area contributed by atoms with Gasteiger partial charge in [0.15, 0.2) is 0 Å². The van der Waals surface area contributed by atoms with E-state index in [1.54, 1.807) is 0 Å². The van der Waals surface area contributed by atoms with Gasteiger partial charge in [0.2, 0.25) is 5.95 Å². The number of aromatic amines is 1. The van der Waals surface area contributed by atoms with Crippen molar-refractivity contribution in [2.75, 3.05) is 11.9 Å². The minimum Gasteiger partial charge on any atom is -0.388 e. The number of nitrogens with zero attached hydrogens (tertiary/aromatic N) is 1. The van der Waals surface area contributed by atoms with Gasteiger partial charge in [-0.25, -0.2) is 4.98 Å². The van der Waals surface area contributed by atoms with Crippen molar-refractivity contribution >= 4 is 17.0 Å².